The molecule has 36 heavy (non-hydrogen) atoms. The molecule has 0 radical (unpaired) electrons. The number of nitrogens with one attached hydrogen (secondary N) is 2. The average Bonchev–Trinajstić information content (AvgIpc) is 3.44. The van der Waals surface area contributed by atoms with E-state index < -0.39 is 30.4 Å². The van der Waals surface area contributed by atoms with Gasteiger partial charge in [0, 0.05) is 31.0 Å². The Morgan fingerprint density at radius 2 is 1.97 bits per heavy atom. The number of imidazole rings is 1. The van der Waals surface area contributed by atoms with Crippen molar-refractivity contribution < 1.29 is 19.7 Å². The molecule has 1 fully saturated rings. The summed E-state index contributed by atoms with van der Waals surface area (Å²) in [7, 11) is 0. The van der Waals surface area contributed by atoms with Crippen molar-refractivity contribution >= 4 is 34.5 Å². The lowest BCUT2D eigenvalue weighted by molar-refractivity contribution is -0.137. The molecule has 0 saturated carbocycles. The van der Waals surface area contributed by atoms with Crippen LogP contribution in [-0.2, 0) is 16.1 Å². The van der Waals surface area contributed by atoms with Crippen molar-refractivity contribution in [1.29, 1.82) is 0 Å². The van der Waals surface area contributed by atoms with Gasteiger partial charge in [0.25, 0.3) is 5.91 Å². The number of ether oxygens (including phenoxy) is 1. The fraction of sp³-hybridized carbons (Fsp3) is 0.292. The number of aliphatic hydroxyl groups excluding tert-OH is 2. The van der Waals surface area contributed by atoms with Crippen molar-refractivity contribution in [3.05, 3.63) is 65.7 Å². The van der Waals surface area contributed by atoms with E-state index in [1.807, 2.05) is 30.3 Å². The summed E-state index contributed by atoms with van der Waals surface area (Å²) in [6, 6.07) is 11.5. The third-order valence-corrected chi connectivity index (χ3v) is 6.02. The number of aliphatic hydroxyl groups is 2. The van der Waals surface area contributed by atoms with Crippen LogP contribution in [0.4, 0.5) is 5.82 Å². The Kier molecular flexibility index (Phi) is 6.79. The van der Waals surface area contributed by atoms with Crippen LogP contribution in [0.3, 0.4) is 0 Å². The Morgan fingerprint density at radius 1 is 1.17 bits per heavy atom. The number of likely N-dealkylation sites (N-methyl/N-ethyl adjacent to an activating group) is 1. The van der Waals surface area contributed by atoms with Crippen LogP contribution >= 0.6 is 11.6 Å². The molecule has 186 valence electrons. The van der Waals surface area contributed by atoms with E-state index in [4.69, 9.17) is 16.3 Å². The SMILES string of the molecule is CCNC(=O)C1OC(n2cnc3c(NCc4ccccc4)nc(-c4cncc(Cl)c4)nc32)C(O)C1O. The summed E-state index contributed by atoms with van der Waals surface area (Å²) >= 11 is 6.14. The zero-order valence-electron chi connectivity index (χ0n) is 19.2. The highest BCUT2D eigenvalue weighted by Gasteiger charge is 2.47. The summed E-state index contributed by atoms with van der Waals surface area (Å²) in [5.41, 5.74) is 2.38. The molecule has 4 aromatic rings. The monoisotopic (exact) mass is 509 g/mol. The number of fused-ring (bicyclic) bond motifs is 1. The van der Waals surface area contributed by atoms with E-state index in [0.29, 0.717) is 46.5 Å². The van der Waals surface area contributed by atoms with Crippen LogP contribution in [0.15, 0.2) is 55.1 Å². The molecule has 4 heterocycles. The minimum atomic E-state index is -1.42. The molecule has 0 bridgehead atoms. The van der Waals surface area contributed by atoms with E-state index in [9.17, 15) is 15.0 Å². The molecule has 4 N–H and O–H groups in total. The Balaban J connectivity index is 1.56. The van der Waals surface area contributed by atoms with Crippen LogP contribution in [0.1, 0.15) is 18.7 Å². The Morgan fingerprint density at radius 3 is 2.72 bits per heavy atom. The highest BCUT2D eigenvalue weighted by atomic mass is 35.5. The maximum atomic E-state index is 12.3. The quantitative estimate of drug-likeness (QED) is 0.293. The highest BCUT2D eigenvalue weighted by Crippen LogP contribution is 2.34. The predicted octanol–water partition coefficient (Wildman–Crippen LogP) is 1.91. The number of nitrogens with zero attached hydrogens (tertiary/aromatic N) is 5. The number of amides is 1. The summed E-state index contributed by atoms with van der Waals surface area (Å²) < 4.78 is 7.27. The van der Waals surface area contributed by atoms with Gasteiger partial charge in [0.1, 0.15) is 12.2 Å². The number of halogens is 1. The van der Waals surface area contributed by atoms with E-state index in [1.165, 1.54) is 17.1 Å². The second kappa shape index (κ2) is 10.2. The zero-order valence-corrected chi connectivity index (χ0v) is 20.0. The zero-order chi connectivity index (χ0) is 25.2. The molecule has 3 aromatic heterocycles. The second-order valence-corrected chi connectivity index (χ2v) is 8.71. The minimum absolute atomic E-state index is 0.322. The standard InChI is InChI=1S/C24H24ClN7O4/c1-2-27-23(35)19-17(33)18(34)24(36-19)32-12-29-16-21(28-9-13-6-4-3-5-7-13)30-20(31-22(16)32)14-8-15(25)11-26-10-14/h3-8,10-12,17-19,24,33-34H,2,9H2,1H3,(H,27,35)(H,28,30,31). The van der Waals surface area contributed by atoms with Crippen molar-refractivity contribution in [2.45, 2.75) is 38.0 Å². The van der Waals surface area contributed by atoms with Crippen LogP contribution in [0.2, 0.25) is 5.02 Å². The third-order valence-electron chi connectivity index (χ3n) is 5.81. The van der Waals surface area contributed by atoms with Crippen molar-refractivity contribution in [2.75, 3.05) is 11.9 Å². The molecule has 11 nitrogen and oxygen atoms in total. The molecular formula is C24H24ClN7O4. The second-order valence-electron chi connectivity index (χ2n) is 8.27. The van der Waals surface area contributed by atoms with Crippen LogP contribution < -0.4 is 10.6 Å². The lowest BCUT2D eigenvalue weighted by atomic mass is 10.1. The molecule has 0 aliphatic carbocycles. The number of pyridine rings is 1. The summed E-state index contributed by atoms with van der Waals surface area (Å²) in [6.45, 7) is 2.60. The number of anilines is 1. The van der Waals surface area contributed by atoms with Gasteiger partial charge in [-0.15, -0.1) is 0 Å². The number of carbonyl (C=O) groups is 1. The van der Waals surface area contributed by atoms with Crippen molar-refractivity contribution in [1.82, 2.24) is 29.8 Å². The third kappa shape index (κ3) is 4.61. The predicted molar refractivity (Wildman–Crippen MR) is 132 cm³/mol. The van der Waals surface area contributed by atoms with Gasteiger partial charge in [-0.25, -0.2) is 15.0 Å². The van der Waals surface area contributed by atoms with Gasteiger partial charge in [0.05, 0.1) is 11.3 Å². The van der Waals surface area contributed by atoms with Gasteiger partial charge >= 0.3 is 0 Å². The van der Waals surface area contributed by atoms with Gasteiger partial charge in [-0.1, -0.05) is 41.9 Å². The summed E-state index contributed by atoms with van der Waals surface area (Å²) in [6.07, 6.45) is -0.613. The number of aromatic nitrogens is 5. The molecule has 0 spiro atoms. The lowest BCUT2D eigenvalue weighted by Crippen LogP contribution is -2.42. The maximum absolute atomic E-state index is 12.3. The molecule has 12 heteroatoms. The summed E-state index contributed by atoms with van der Waals surface area (Å²) in [5.74, 6) is 0.260. The van der Waals surface area contributed by atoms with Gasteiger partial charge < -0.3 is 25.6 Å². The van der Waals surface area contributed by atoms with E-state index in [-0.39, 0.29) is 0 Å². The van der Waals surface area contributed by atoms with Crippen molar-refractivity contribution in [2.24, 2.45) is 0 Å². The Bertz CT molecular complexity index is 1380. The van der Waals surface area contributed by atoms with Gasteiger partial charge in [0.2, 0.25) is 0 Å². The summed E-state index contributed by atoms with van der Waals surface area (Å²) in [5, 5.41) is 27.5. The van der Waals surface area contributed by atoms with Crippen LogP contribution in [0.25, 0.3) is 22.6 Å². The first-order chi connectivity index (χ1) is 17.5. The largest absolute Gasteiger partial charge is 0.387 e. The minimum Gasteiger partial charge on any atom is -0.387 e. The molecular weight excluding hydrogens is 486 g/mol. The van der Waals surface area contributed by atoms with E-state index >= 15 is 0 Å². The molecule has 1 aliphatic heterocycles. The van der Waals surface area contributed by atoms with Crippen molar-refractivity contribution in [3.63, 3.8) is 0 Å². The number of rotatable bonds is 7. The van der Waals surface area contributed by atoms with Crippen LogP contribution in [0.5, 0.6) is 0 Å². The molecule has 5 rings (SSSR count). The fourth-order valence-electron chi connectivity index (χ4n) is 4.05. The molecule has 1 saturated heterocycles. The van der Waals surface area contributed by atoms with E-state index in [2.05, 4.69) is 30.6 Å². The van der Waals surface area contributed by atoms with Gasteiger partial charge in [-0.3, -0.25) is 14.3 Å². The smallest absolute Gasteiger partial charge is 0.252 e. The number of hydrogen-bond donors (Lipinski definition) is 4. The number of carbonyl (C=O) groups excluding carboxylic acids is 1. The van der Waals surface area contributed by atoms with Gasteiger partial charge in [-0.2, -0.15) is 0 Å². The van der Waals surface area contributed by atoms with Crippen LogP contribution in [0, 0.1) is 0 Å². The molecule has 4 atom stereocenters. The first kappa shape index (κ1) is 24.1. The summed E-state index contributed by atoms with van der Waals surface area (Å²) in [4.78, 5) is 30.2. The molecule has 1 aromatic carbocycles. The normalized spacial score (nSPS) is 21.6. The van der Waals surface area contributed by atoms with E-state index in [1.54, 1.807) is 19.2 Å². The van der Waals surface area contributed by atoms with Gasteiger partial charge in [-0.05, 0) is 18.6 Å². The number of hydrogen-bond acceptors (Lipinski definition) is 9. The highest BCUT2D eigenvalue weighted by molar-refractivity contribution is 6.30. The van der Waals surface area contributed by atoms with Gasteiger partial charge in [0.15, 0.2) is 35.1 Å². The lowest BCUT2D eigenvalue weighted by Gasteiger charge is -2.17. The molecule has 1 aliphatic rings. The number of benzene rings is 1. The first-order valence-corrected chi connectivity index (χ1v) is 11.8. The van der Waals surface area contributed by atoms with Crippen molar-refractivity contribution in [3.8, 4) is 11.4 Å². The van der Waals surface area contributed by atoms with E-state index in [0.717, 1.165) is 5.56 Å². The average molecular weight is 510 g/mol. The maximum Gasteiger partial charge on any atom is 0.252 e. The Labute approximate surface area is 211 Å². The Hall–Kier alpha value is -3.64. The first-order valence-electron chi connectivity index (χ1n) is 11.4. The molecule has 1 amide bonds. The molecule has 4 unspecified atom stereocenters. The fourth-order valence-corrected chi connectivity index (χ4v) is 4.23. The van der Waals surface area contributed by atoms with Crippen LogP contribution in [-0.4, -0.2) is 65.5 Å². The topological polar surface area (TPSA) is 147 Å².